The lowest BCUT2D eigenvalue weighted by molar-refractivity contribution is -0.141. The van der Waals surface area contributed by atoms with Gasteiger partial charge in [-0.3, -0.25) is 4.79 Å². The number of benzene rings is 2. The highest BCUT2D eigenvalue weighted by Crippen LogP contribution is 2.28. The number of allylic oxidation sites excluding steroid dienone is 1. The van der Waals surface area contributed by atoms with Crippen LogP contribution in [0.5, 0.6) is 0 Å². The molecule has 2 aromatic carbocycles. The van der Waals surface area contributed by atoms with Crippen molar-refractivity contribution in [1.82, 2.24) is 9.78 Å². The summed E-state index contributed by atoms with van der Waals surface area (Å²) in [6, 6.07) is 10.7. The van der Waals surface area contributed by atoms with Gasteiger partial charge in [0.25, 0.3) is 0 Å². The fraction of sp³-hybridized carbons (Fsp3) is 0.0500. The summed E-state index contributed by atoms with van der Waals surface area (Å²) in [4.78, 5) is 12.3. The van der Waals surface area contributed by atoms with E-state index in [1.165, 1.54) is 30.3 Å². The number of ketones is 1. The van der Waals surface area contributed by atoms with Crippen LogP contribution in [0, 0.1) is 23.0 Å². The normalized spacial score (nSPS) is 11.9. The molecule has 4 nitrogen and oxygen atoms in total. The van der Waals surface area contributed by atoms with Crippen LogP contribution in [0.3, 0.4) is 0 Å². The number of carbonyl (C=O) groups is 1. The molecule has 146 valence electrons. The summed E-state index contributed by atoms with van der Waals surface area (Å²) in [6.07, 6.45) is -2.22. The van der Waals surface area contributed by atoms with E-state index in [2.05, 4.69) is 5.10 Å². The zero-order valence-electron chi connectivity index (χ0n) is 14.4. The number of Topliss-reactive ketones (excluding diaryl/α,β-unsaturated/α-hetero) is 1. The van der Waals surface area contributed by atoms with Crippen molar-refractivity contribution >= 4 is 11.9 Å². The van der Waals surface area contributed by atoms with Crippen LogP contribution in [-0.2, 0) is 6.18 Å². The van der Waals surface area contributed by atoms with E-state index in [1.54, 1.807) is 6.07 Å². The van der Waals surface area contributed by atoms with Crippen molar-refractivity contribution in [2.24, 2.45) is 0 Å². The molecule has 3 rings (SSSR count). The Morgan fingerprint density at radius 2 is 1.76 bits per heavy atom. The Morgan fingerprint density at radius 1 is 1.07 bits per heavy atom. The second-order valence-corrected chi connectivity index (χ2v) is 5.86. The Bertz CT molecular complexity index is 1140. The number of alkyl halides is 3. The van der Waals surface area contributed by atoms with Gasteiger partial charge in [0, 0.05) is 12.3 Å². The molecule has 0 bridgehead atoms. The molecule has 0 saturated carbocycles. The summed E-state index contributed by atoms with van der Waals surface area (Å²) in [7, 11) is 0. The lowest BCUT2D eigenvalue weighted by atomic mass is 10.0. The molecule has 0 aliphatic carbocycles. The van der Waals surface area contributed by atoms with Gasteiger partial charge in [0.05, 0.1) is 11.3 Å². The highest BCUT2D eigenvalue weighted by molar-refractivity contribution is 6.14. The molecule has 1 aromatic heterocycles. The Hall–Kier alpha value is -3.80. The Labute approximate surface area is 161 Å². The van der Waals surface area contributed by atoms with Crippen LogP contribution in [0.25, 0.3) is 11.8 Å². The van der Waals surface area contributed by atoms with Crippen molar-refractivity contribution < 1.29 is 26.7 Å². The minimum Gasteiger partial charge on any atom is -0.288 e. The van der Waals surface area contributed by atoms with E-state index in [1.807, 2.05) is 0 Å². The second-order valence-electron chi connectivity index (χ2n) is 5.86. The highest BCUT2D eigenvalue weighted by atomic mass is 19.4. The molecule has 0 unspecified atom stereocenters. The second kappa shape index (κ2) is 7.67. The molecule has 0 N–H and O–H groups in total. The van der Waals surface area contributed by atoms with Gasteiger partial charge < -0.3 is 0 Å². The van der Waals surface area contributed by atoms with Crippen LogP contribution >= 0.6 is 0 Å². The zero-order chi connectivity index (χ0) is 21.2. The van der Waals surface area contributed by atoms with Crippen molar-refractivity contribution in [2.45, 2.75) is 6.18 Å². The summed E-state index contributed by atoms with van der Waals surface area (Å²) >= 11 is 0. The average Bonchev–Trinajstić information content (AvgIpc) is 3.17. The third kappa shape index (κ3) is 4.38. The van der Waals surface area contributed by atoms with Gasteiger partial charge >= 0.3 is 6.18 Å². The van der Waals surface area contributed by atoms with Crippen molar-refractivity contribution in [3.8, 4) is 11.8 Å². The fourth-order valence-electron chi connectivity index (χ4n) is 2.48. The maximum atomic E-state index is 13.8. The molecule has 0 aliphatic rings. The van der Waals surface area contributed by atoms with E-state index in [4.69, 9.17) is 0 Å². The zero-order valence-corrected chi connectivity index (χ0v) is 14.4. The molecular weight excluding hydrogens is 393 g/mol. The van der Waals surface area contributed by atoms with Crippen molar-refractivity contribution in [3.63, 3.8) is 0 Å². The number of aromatic nitrogens is 2. The largest absolute Gasteiger partial charge is 0.435 e. The number of hydrogen-bond donors (Lipinski definition) is 0. The highest BCUT2D eigenvalue weighted by Gasteiger charge is 2.33. The fourth-order valence-corrected chi connectivity index (χ4v) is 2.48. The van der Waals surface area contributed by atoms with Crippen molar-refractivity contribution in [2.75, 3.05) is 0 Å². The number of nitrogens with zero attached hydrogens (tertiary/aromatic N) is 3. The van der Waals surface area contributed by atoms with E-state index >= 15 is 0 Å². The van der Waals surface area contributed by atoms with Crippen LogP contribution in [0.1, 0.15) is 21.6 Å². The average molecular weight is 403 g/mol. The monoisotopic (exact) mass is 403 g/mol. The predicted octanol–water partition coefficient (Wildman–Crippen LogP) is 4.96. The molecule has 29 heavy (non-hydrogen) atoms. The van der Waals surface area contributed by atoms with E-state index in [9.17, 15) is 32.0 Å². The molecular formula is C20H10F5N3O. The summed E-state index contributed by atoms with van der Waals surface area (Å²) in [5.74, 6) is -2.87. The number of halogens is 5. The van der Waals surface area contributed by atoms with Gasteiger partial charge in [-0.05, 0) is 42.0 Å². The number of hydrogen-bond acceptors (Lipinski definition) is 3. The smallest absolute Gasteiger partial charge is 0.288 e. The van der Waals surface area contributed by atoms with E-state index in [0.29, 0.717) is 17.3 Å². The minimum atomic E-state index is -4.56. The topological polar surface area (TPSA) is 58.7 Å². The Morgan fingerprint density at radius 3 is 2.31 bits per heavy atom. The first kappa shape index (κ1) is 19.9. The molecule has 0 aliphatic heterocycles. The number of rotatable bonds is 4. The first-order valence-corrected chi connectivity index (χ1v) is 8.04. The molecule has 0 atom stereocenters. The molecule has 0 radical (unpaired) electrons. The van der Waals surface area contributed by atoms with Crippen LogP contribution in [0.2, 0.25) is 0 Å². The predicted molar refractivity (Wildman–Crippen MR) is 92.8 cm³/mol. The summed E-state index contributed by atoms with van der Waals surface area (Å²) in [5.41, 5.74) is -1.18. The van der Waals surface area contributed by atoms with Gasteiger partial charge in [0.2, 0.25) is 5.78 Å². The lowest BCUT2D eigenvalue weighted by Crippen LogP contribution is -2.07. The maximum absolute atomic E-state index is 13.8. The summed E-state index contributed by atoms with van der Waals surface area (Å²) < 4.78 is 65.7. The van der Waals surface area contributed by atoms with E-state index in [0.717, 1.165) is 29.1 Å². The lowest BCUT2D eigenvalue weighted by Gasteiger charge is -2.04. The van der Waals surface area contributed by atoms with Crippen LogP contribution in [-0.4, -0.2) is 15.6 Å². The Kier molecular flexibility index (Phi) is 5.28. The van der Waals surface area contributed by atoms with E-state index < -0.39 is 34.9 Å². The van der Waals surface area contributed by atoms with Crippen LogP contribution in [0.15, 0.2) is 60.3 Å². The van der Waals surface area contributed by atoms with Crippen LogP contribution in [0.4, 0.5) is 22.0 Å². The molecule has 0 fully saturated rings. The third-order valence-electron chi connectivity index (χ3n) is 3.89. The van der Waals surface area contributed by atoms with E-state index in [-0.39, 0.29) is 5.57 Å². The number of carbonyl (C=O) groups excluding carboxylic acids is 1. The number of nitriles is 1. The van der Waals surface area contributed by atoms with Gasteiger partial charge in [-0.25, -0.2) is 13.5 Å². The Balaban J connectivity index is 1.86. The maximum Gasteiger partial charge on any atom is 0.435 e. The van der Waals surface area contributed by atoms with Gasteiger partial charge in [-0.2, -0.15) is 23.5 Å². The van der Waals surface area contributed by atoms with Crippen LogP contribution < -0.4 is 0 Å². The van der Waals surface area contributed by atoms with Gasteiger partial charge in [-0.1, -0.05) is 12.1 Å². The minimum absolute atomic E-state index is 0.326. The quantitative estimate of drug-likeness (QED) is 0.268. The third-order valence-corrected chi connectivity index (χ3v) is 3.89. The summed E-state index contributed by atoms with van der Waals surface area (Å²) in [6.45, 7) is 0. The molecule has 1 heterocycles. The standard InChI is InChI=1S/C20H10F5N3O/c21-14-3-6-16(17(22)10-14)19(29)13(11-26)9-12-1-4-15(5-2-12)28-8-7-18(27-28)20(23,24)25/h1-10H. The van der Waals surface area contributed by atoms with Gasteiger partial charge in [0.1, 0.15) is 23.3 Å². The van der Waals surface area contributed by atoms with Gasteiger partial charge in [-0.15, -0.1) is 0 Å². The van der Waals surface area contributed by atoms with Gasteiger partial charge in [0.15, 0.2) is 5.69 Å². The SMILES string of the molecule is N#CC(=Cc1ccc(-n2ccc(C(F)(F)F)n2)cc1)C(=O)c1ccc(F)cc1F. The molecule has 9 heteroatoms. The molecule has 3 aromatic rings. The molecule has 0 spiro atoms. The summed E-state index contributed by atoms with van der Waals surface area (Å²) in [5, 5.41) is 12.7. The molecule has 0 saturated heterocycles. The molecule has 0 amide bonds. The first-order valence-electron chi connectivity index (χ1n) is 8.04. The van der Waals surface area contributed by atoms with Crippen molar-refractivity contribution in [1.29, 1.82) is 5.26 Å². The van der Waals surface area contributed by atoms with Crippen molar-refractivity contribution in [3.05, 3.63) is 88.8 Å². The first-order chi connectivity index (χ1) is 13.7.